The molecule has 0 atom stereocenters. The third-order valence-corrected chi connectivity index (χ3v) is 4.91. The Hall–Kier alpha value is -2.02. The van der Waals surface area contributed by atoms with E-state index in [9.17, 15) is 15.3 Å². The molecular formula is C17H18Cl2N2O4. The molecule has 0 radical (unpaired) electrons. The van der Waals surface area contributed by atoms with Crippen LogP contribution in [0.1, 0.15) is 0 Å². The summed E-state index contributed by atoms with van der Waals surface area (Å²) in [6.07, 6.45) is 0. The van der Waals surface area contributed by atoms with Crippen molar-refractivity contribution in [2.75, 3.05) is 37.8 Å². The minimum Gasteiger partial charge on any atom is -0.504 e. The van der Waals surface area contributed by atoms with Gasteiger partial charge in [-0.1, -0.05) is 29.3 Å². The quantitative estimate of drug-likeness (QED) is 0.702. The van der Waals surface area contributed by atoms with E-state index in [1.807, 2.05) is 12.1 Å². The molecule has 1 saturated heterocycles. The van der Waals surface area contributed by atoms with Crippen LogP contribution in [0.3, 0.4) is 0 Å². The van der Waals surface area contributed by atoms with Gasteiger partial charge in [0, 0.05) is 38.3 Å². The molecule has 0 amide bonds. The number of rotatable bonds is 4. The summed E-state index contributed by atoms with van der Waals surface area (Å²) in [5.41, 5.74) is 0.920. The molecule has 6 nitrogen and oxygen atoms in total. The molecule has 0 bridgehead atoms. The molecule has 1 fully saturated rings. The summed E-state index contributed by atoms with van der Waals surface area (Å²) in [6, 6.07) is 8.11. The molecule has 3 N–H and O–H groups in total. The Balaban J connectivity index is 1.55. The summed E-state index contributed by atoms with van der Waals surface area (Å²) in [6.45, 7) is 3.38. The van der Waals surface area contributed by atoms with Crippen molar-refractivity contribution >= 4 is 28.9 Å². The summed E-state index contributed by atoms with van der Waals surface area (Å²) < 4.78 is 5.58. The van der Waals surface area contributed by atoms with E-state index in [0.29, 0.717) is 16.8 Å². The van der Waals surface area contributed by atoms with Gasteiger partial charge in [-0.15, -0.1) is 0 Å². The largest absolute Gasteiger partial charge is 0.504 e. The molecule has 0 spiro atoms. The molecule has 1 heterocycles. The van der Waals surface area contributed by atoms with Crippen LogP contribution in [-0.4, -0.2) is 53.1 Å². The van der Waals surface area contributed by atoms with Gasteiger partial charge in [0.1, 0.15) is 12.5 Å². The second-order valence-electron chi connectivity index (χ2n) is 5.76. The molecule has 8 heteroatoms. The predicted octanol–water partition coefficient (Wildman–Crippen LogP) is 3.27. The first-order valence-corrected chi connectivity index (χ1v) is 8.50. The zero-order valence-electron chi connectivity index (χ0n) is 13.3. The lowest BCUT2D eigenvalue weighted by Gasteiger charge is -2.36. The number of phenolic OH excluding ortho intramolecular Hbond substituents is 3. The van der Waals surface area contributed by atoms with E-state index in [4.69, 9.17) is 27.9 Å². The zero-order chi connectivity index (χ0) is 18.0. The van der Waals surface area contributed by atoms with Gasteiger partial charge >= 0.3 is 0 Å². The van der Waals surface area contributed by atoms with E-state index in [2.05, 4.69) is 9.80 Å². The predicted molar refractivity (Wildman–Crippen MR) is 97.2 cm³/mol. The van der Waals surface area contributed by atoms with Crippen LogP contribution in [0.15, 0.2) is 30.3 Å². The first-order valence-electron chi connectivity index (χ1n) is 7.75. The maximum absolute atomic E-state index is 9.49. The molecule has 2 aromatic carbocycles. The number of aromatic hydroxyl groups is 3. The van der Waals surface area contributed by atoms with E-state index in [1.54, 1.807) is 6.07 Å². The van der Waals surface area contributed by atoms with Gasteiger partial charge in [-0.05, 0) is 12.1 Å². The van der Waals surface area contributed by atoms with Gasteiger partial charge in [-0.25, -0.2) is 0 Å². The number of hydrogen-bond donors (Lipinski definition) is 3. The monoisotopic (exact) mass is 384 g/mol. The number of benzene rings is 2. The second-order valence-corrected chi connectivity index (χ2v) is 6.55. The third kappa shape index (κ3) is 3.98. The molecule has 1 aliphatic heterocycles. The lowest BCUT2D eigenvalue weighted by Crippen LogP contribution is -2.47. The highest BCUT2D eigenvalue weighted by Gasteiger charge is 2.20. The SMILES string of the molecule is Oc1cc(OCN2CCN(c3cccc(Cl)c3Cl)CC2)cc(O)c1O. The molecule has 0 saturated carbocycles. The fourth-order valence-corrected chi connectivity index (χ4v) is 3.10. The lowest BCUT2D eigenvalue weighted by atomic mass is 10.2. The van der Waals surface area contributed by atoms with Crippen molar-refractivity contribution in [3.63, 3.8) is 0 Å². The Kier molecular flexibility index (Phi) is 5.32. The summed E-state index contributed by atoms with van der Waals surface area (Å²) in [5.74, 6) is -1.11. The van der Waals surface area contributed by atoms with Crippen molar-refractivity contribution in [1.82, 2.24) is 4.90 Å². The molecule has 0 unspecified atom stereocenters. The number of ether oxygens (including phenoxy) is 1. The molecule has 134 valence electrons. The Bertz CT molecular complexity index is 741. The Morgan fingerprint density at radius 3 is 2.24 bits per heavy atom. The number of halogens is 2. The van der Waals surface area contributed by atoms with Crippen molar-refractivity contribution in [2.45, 2.75) is 0 Å². The van der Waals surface area contributed by atoms with Gasteiger partial charge < -0.3 is 25.0 Å². The molecular weight excluding hydrogens is 367 g/mol. The van der Waals surface area contributed by atoms with Crippen LogP contribution in [0.5, 0.6) is 23.0 Å². The Morgan fingerprint density at radius 1 is 0.960 bits per heavy atom. The number of piperazine rings is 1. The molecule has 0 aliphatic carbocycles. The normalized spacial score (nSPS) is 15.4. The van der Waals surface area contributed by atoms with E-state index in [-0.39, 0.29) is 5.75 Å². The van der Waals surface area contributed by atoms with Crippen molar-refractivity contribution in [3.8, 4) is 23.0 Å². The first kappa shape index (κ1) is 17.8. The minimum absolute atomic E-state index is 0.285. The smallest absolute Gasteiger partial charge is 0.200 e. The maximum atomic E-state index is 9.49. The second kappa shape index (κ2) is 7.47. The lowest BCUT2D eigenvalue weighted by molar-refractivity contribution is 0.119. The van der Waals surface area contributed by atoms with Gasteiger partial charge in [0.05, 0.1) is 15.7 Å². The van der Waals surface area contributed by atoms with Crippen molar-refractivity contribution in [3.05, 3.63) is 40.4 Å². The van der Waals surface area contributed by atoms with Gasteiger partial charge in [0.2, 0.25) is 5.75 Å². The minimum atomic E-state index is -0.556. The Labute approximate surface area is 155 Å². The van der Waals surface area contributed by atoms with Crippen molar-refractivity contribution in [1.29, 1.82) is 0 Å². The van der Waals surface area contributed by atoms with Gasteiger partial charge in [0.15, 0.2) is 11.5 Å². The maximum Gasteiger partial charge on any atom is 0.200 e. The van der Waals surface area contributed by atoms with E-state index in [1.165, 1.54) is 12.1 Å². The van der Waals surface area contributed by atoms with Gasteiger partial charge in [0.25, 0.3) is 0 Å². The van der Waals surface area contributed by atoms with E-state index in [0.717, 1.165) is 31.9 Å². The number of phenols is 3. The highest BCUT2D eigenvalue weighted by molar-refractivity contribution is 6.43. The van der Waals surface area contributed by atoms with Crippen LogP contribution in [0.25, 0.3) is 0 Å². The van der Waals surface area contributed by atoms with Crippen LogP contribution in [0, 0.1) is 0 Å². The van der Waals surface area contributed by atoms with E-state index >= 15 is 0 Å². The van der Waals surface area contributed by atoms with Crippen molar-refractivity contribution in [2.24, 2.45) is 0 Å². The summed E-state index contributed by atoms with van der Waals surface area (Å²) in [4.78, 5) is 4.26. The van der Waals surface area contributed by atoms with Crippen molar-refractivity contribution < 1.29 is 20.1 Å². The van der Waals surface area contributed by atoms with Crippen LogP contribution < -0.4 is 9.64 Å². The summed E-state index contributed by atoms with van der Waals surface area (Å²) in [5, 5.41) is 29.4. The van der Waals surface area contributed by atoms with Gasteiger partial charge in [-0.3, -0.25) is 4.90 Å². The first-order chi connectivity index (χ1) is 12.0. The van der Waals surface area contributed by atoms with Crippen LogP contribution in [0.4, 0.5) is 5.69 Å². The molecule has 2 aromatic rings. The van der Waals surface area contributed by atoms with Crippen LogP contribution in [-0.2, 0) is 0 Å². The average Bonchev–Trinajstić information content (AvgIpc) is 2.60. The molecule has 1 aliphatic rings. The Morgan fingerprint density at radius 2 is 1.60 bits per heavy atom. The summed E-state index contributed by atoms with van der Waals surface area (Å²) >= 11 is 12.3. The fourth-order valence-electron chi connectivity index (χ4n) is 2.68. The molecule has 0 aromatic heterocycles. The summed E-state index contributed by atoms with van der Waals surface area (Å²) in [7, 11) is 0. The van der Waals surface area contributed by atoms with Crippen LogP contribution in [0.2, 0.25) is 10.0 Å². The third-order valence-electron chi connectivity index (χ3n) is 4.10. The number of nitrogens with zero attached hydrogens (tertiary/aromatic N) is 2. The molecule has 25 heavy (non-hydrogen) atoms. The van der Waals surface area contributed by atoms with Crippen LogP contribution >= 0.6 is 23.2 Å². The highest BCUT2D eigenvalue weighted by atomic mass is 35.5. The fraction of sp³-hybridized carbons (Fsp3) is 0.294. The topological polar surface area (TPSA) is 76.4 Å². The standard InChI is InChI=1S/C17H18Cl2N2O4/c18-12-2-1-3-13(16(12)19)21-6-4-20(5-7-21)10-25-11-8-14(22)17(24)15(23)9-11/h1-3,8-9,22-24H,4-7,10H2. The number of hydrogen-bond acceptors (Lipinski definition) is 6. The zero-order valence-corrected chi connectivity index (χ0v) is 14.8. The molecule has 3 rings (SSSR count). The highest BCUT2D eigenvalue weighted by Crippen LogP contribution is 2.38. The average molecular weight is 385 g/mol. The van der Waals surface area contributed by atoms with Gasteiger partial charge in [-0.2, -0.15) is 0 Å². The van der Waals surface area contributed by atoms with E-state index < -0.39 is 17.2 Å². The number of anilines is 1.